The second kappa shape index (κ2) is 4.94. The number of alkyl halides is 3. The molecule has 0 heterocycles. The van der Waals surface area contributed by atoms with Crippen LogP contribution in [0.5, 0.6) is 0 Å². The molecule has 0 amide bonds. The van der Waals surface area contributed by atoms with Crippen LogP contribution in [0.25, 0.3) is 11.1 Å². The van der Waals surface area contributed by atoms with Gasteiger partial charge in [0.2, 0.25) is 0 Å². The molecule has 0 bridgehead atoms. The predicted octanol–water partition coefficient (Wildman–Crippen LogP) is 5.79. The molecule has 0 atom stereocenters. The summed E-state index contributed by atoms with van der Waals surface area (Å²) < 4.78 is 39.0. The van der Waals surface area contributed by atoms with Gasteiger partial charge in [0, 0.05) is 4.47 Å². The highest BCUT2D eigenvalue weighted by Crippen LogP contribution is 2.37. The van der Waals surface area contributed by atoms with Crippen molar-refractivity contribution in [1.82, 2.24) is 0 Å². The summed E-state index contributed by atoms with van der Waals surface area (Å²) in [6.45, 7) is 0. The minimum atomic E-state index is -4.45. The molecule has 0 aliphatic heterocycles. The number of benzene rings is 2. The highest BCUT2D eigenvalue weighted by Gasteiger charge is 2.33. The van der Waals surface area contributed by atoms with Crippen LogP contribution in [0.1, 0.15) is 5.56 Å². The predicted molar refractivity (Wildman–Crippen MR) is 69.6 cm³/mol. The molecule has 0 fully saturated rings. The first kappa shape index (κ1) is 13.4. The molecule has 94 valence electrons. The first-order chi connectivity index (χ1) is 8.38. The van der Waals surface area contributed by atoms with Crippen molar-refractivity contribution in [1.29, 1.82) is 0 Å². The first-order valence-corrected chi connectivity index (χ1v) is 6.18. The van der Waals surface area contributed by atoms with Crippen LogP contribution in [-0.2, 0) is 6.18 Å². The van der Waals surface area contributed by atoms with E-state index in [1.54, 1.807) is 24.3 Å². The Balaban J connectivity index is 2.54. The lowest BCUT2D eigenvalue weighted by Crippen LogP contribution is -2.05. The summed E-state index contributed by atoms with van der Waals surface area (Å²) in [5, 5.41) is -0.291. The quantitative estimate of drug-likeness (QED) is 0.619. The van der Waals surface area contributed by atoms with Gasteiger partial charge < -0.3 is 0 Å². The zero-order chi connectivity index (χ0) is 13.3. The van der Waals surface area contributed by atoms with Crippen molar-refractivity contribution in [3.8, 4) is 11.1 Å². The zero-order valence-corrected chi connectivity index (χ0v) is 11.3. The smallest absolute Gasteiger partial charge is 0.166 e. The van der Waals surface area contributed by atoms with E-state index in [0.29, 0.717) is 11.1 Å². The molecule has 2 aromatic carbocycles. The van der Waals surface area contributed by atoms with Gasteiger partial charge in [-0.05, 0) is 35.4 Å². The van der Waals surface area contributed by atoms with Gasteiger partial charge in [-0.2, -0.15) is 13.2 Å². The summed E-state index contributed by atoms with van der Waals surface area (Å²) >= 11 is 8.85. The number of hydrogen-bond donors (Lipinski definition) is 0. The molecule has 0 aliphatic carbocycles. The van der Waals surface area contributed by atoms with E-state index in [2.05, 4.69) is 15.9 Å². The Bertz CT molecular complexity index is 579. The minimum absolute atomic E-state index is 0.291. The second-order valence-corrected chi connectivity index (χ2v) is 5.03. The summed E-state index contributed by atoms with van der Waals surface area (Å²) in [6, 6.07) is 11.0. The Morgan fingerprint density at radius 3 is 2.22 bits per heavy atom. The molecule has 5 heteroatoms. The van der Waals surface area contributed by atoms with E-state index in [0.717, 1.165) is 10.5 Å². The van der Waals surface area contributed by atoms with Crippen LogP contribution < -0.4 is 0 Å². The molecule has 0 aromatic heterocycles. The molecule has 0 saturated heterocycles. The highest BCUT2D eigenvalue weighted by atomic mass is 79.9. The van der Waals surface area contributed by atoms with Gasteiger partial charge in [-0.3, -0.25) is 0 Å². The average Bonchev–Trinajstić information content (AvgIpc) is 2.28. The van der Waals surface area contributed by atoms with Gasteiger partial charge in [-0.1, -0.05) is 45.7 Å². The molecule has 0 nitrogen and oxygen atoms in total. The van der Waals surface area contributed by atoms with Gasteiger partial charge in [-0.25, -0.2) is 0 Å². The monoisotopic (exact) mass is 334 g/mol. The van der Waals surface area contributed by atoms with Crippen molar-refractivity contribution < 1.29 is 13.2 Å². The molecule has 0 aliphatic rings. The number of hydrogen-bond acceptors (Lipinski definition) is 0. The van der Waals surface area contributed by atoms with Gasteiger partial charge in [0.15, 0.2) is 0 Å². The molecule has 2 aromatic rings. The highest BCUT2D eigenvalue weighted by molar-refractivity contribution is 9.10. The van der Waals surface area contributed by atoms with Crippen molar-refractivity contribution in [2.45, 2.75) is 6.18 Å². The molecule has 0 N–H and O–H groups in total. The fraction of sp³-hybridized carbons (Fsp3) is 0.0769. The lowest BCUT2D eigenvalue weighted by molar-refractivity contribution is -0.137. The van der Waals surface area contributed by atoms with Crippen LogP contribution in [0.15, 0.2) is 46.9 Å². The Labute approximate surface area is 116 Å². The average molecular weight is 336 g/mol. The van der Waals surface area contributed by atoms with Gasteiger partial charge in [0.05, 0.1) is 10.6 Å². The summed E-state index contributed by atoms with van der Waals surface area (Å²) in [4.78, 5) is 0. The maximum Gasteiger partial charge on any atom is 0.417 e. The van der Waals surface area contributed by atoms with E-state index in [1.165, 1.54) is 6.07 Å². The van der Waals surface area contributed by atoms with Crippen molar-refractivity contribution >= 4 is 27.5 Å². The fourth-order valence-electron chi connectivity index (χ4n) is 1.59. The Morgan fingerprint density at radius 2 is 1.61 bits per heavy atom. The summed E-state index contributed by atoms with van der Waals surface area (Å²) in [5.74, 6) is 0. The maximum absolute atomic E-state index is 12.7. The van der Waals surface area contributed by atoms with Crippen LogP contribution in [0.3, 0.4) is 0 Å². The molecule has 18 heavy (non-hydrogen) atoms. The van der Waals surface area contributed by atoms with E-state index in [-0.39, 0.29) is 5.02 Å². The summed E-state index contributed by atoms with van der Waals surface area (Å²) in [5.41, 5.74) is 0.362. The van der Waals surface area contributed by atoms with Crippen LogP contribution in [0.4, 0.5) is 13.2 Å². The maximum atomic E-state index is 12.7. The van der Waals surface area contributed by atoms with E-state index < -0.39 is 11.7 Å². The van der Waals surface area contributed by atoms with Gasteiger partial charge in [-0.15, -0.1) is 0 Å². The standard InChI is InChI=1S/C13H7BrClF3/c14-10-3-1-2-8(6-10)9-4-5-12(15)11(7-9)13(16,17)18/h1-7H. The fourth-order valence-corrected chi connectivity index (χ4v) is 2.21. The lowest BCUT2D eigenvalue weighted by atomic mass is 10.0. The molecular weight excluding hydrogens is 328 g/mol. The van der Waals surface area contributed by atoms with E-state index in [4.69, 9.17) is 11.6 Å². The largest absolute Gasteiger partial charge is 0.417 e. The minimum Gasteiger partial charge on any atom is -0.166 e. The molecule has 2 rings (SSSR count). The molecule has 0 saturated carbocycles. The number of rotatable bonds is 1. The topological polar surface area (TPSA) is 0 Å². The first-order valence-electron chi connectivity index (χ1n) is 5.00. The third kappa shape index (κ3) is 2.87. The van der Waals surface area contributed by atoms with Crippen molar-refractivity contribution in [2.24, 2.45) is 0 Å². The second-order valence-electron chi connectivity index (χ2n) is 3.70. The van der Waals surface area contributed by atoms with Crippen LogP contribution in [0.2, 0.25) is 5.02 Å². The normalized spacial score (nSPS) is 11.6. The summed E-state index contributed by atoms with van der Waals surface area (Å²) in [6.07, 6.45) is -4.45. The van der Waals surface area contributed by atoms with Crippen molar-refractivity contribution in [3.63, 3.8) is 0 Å². The van der Waals surface area contributed by atoms with E-state index in [1.807, 2.05) is 6.07 Å². The Morgan fingerprint density at radius 1 is 0.944 bits per heavy atom. The third-order valence-corrected chi connectivity index (χ3v) is 3.25. The molecular formula is C13H7BrClF3. The van der Waals surface area contributed by atoms with Crippen LogP contribution >= 0.6 is 27.5 Å². The molecule has 0 radical (unpaired) electrons. The van der Waals surface area contributed by atoms with E-state index >= 15 is 0 Å². The lowest BCUT2D eigenvalue weighted by Gasteiger charge is -2.11. The molecule has 0 spiro atoms. The van der Waals surface area contributed by atoms with Crippen molar-refractivity contribution in [2.75, 3.05) is 0 Å². The van der Waals surface area contributed by atoms with Crippen LogP contribution in [-0.4, -0.2) is 0 Å². The summed E-state index contributed by atoms with van der Waals surface area (Å²) in [7, 11) is 0. The zero-order valence-electron chi connectivity index (χ0n) is 8.93. The Hall–Kier alpha value is -1.00. The van der Waals surface area contributed by atoms with Crippen molar-refractivity contribution in [3.05, 3.63) is 57.5 Å². The Kier molecular flexibility index (Phi) is 3.69. The van der Waals surface area contributed by atoms with Gasteiger partial charge in [0.1, 0.15) is 0 Å². The van der Waals surface area contributed by atoms with Gasteiger partial charge in [0.25, 0.3) is 0 Å². The van der Waals surface area contributed by atoms with Crippen LogP contribution in [0, 0.1) is 0 Å². The van der Waals surface area contributed by atoms with Gasteiger partial charge >= 0.3 is 6.18 Å². The molecule has 0 unspecified atom stereocenters. The SMILES string of the molecule is FC(F)(F)c1cc(-c2cccc(Br)c2)ccc1Cl. The number of halogens is 5. The third-order valence-electron chi connectivity index (χ3n) is 2.43. The van der Waals surface area contributed by atoms with E-state index in [9.17, 15) is 13.2 Å².